The standard InChI is InChI=1S/C9H9Br.C4H8/c1-2-3-8-4-6-9(10)7-5-8;1-4(2)3/h2-7H,1H3;1H2,2-3H3. The van der Waals surface area contributed by atoms with Gasteiger partial charge in [-0.1, -0.05) is 45.8 Å². The van der Waals surface area contributed by atoms with E-state index in [1.54, 1.807) is 0 Å². The maximum absolute atomic E-state index is 3.56. The Balaban J connectivity index is 0.000000364. The van der Waals surface area contributed by atoms with Crippen LogP contribution in [0.15, 0.2) is 47.0 Å². The van der Waals surface area contributed by atoms with Gasteiger partial charge in [0.2, 0.25) is 0 Å². The molecule has 0 heterocycles. The van der Waals surface area contributed by atoms with Crippen molar-refractivity contribution in [1.82, 2.24) is 0 Å². The quantitative estimate of drug-likeness (QED) is 0.613. The molecule has 1 aromatic rings. The highest BCUT2D eigenvalue weighted by Crippen LogP contribution is 2.11. The molecule has 0 aromatic heterocycles. The summed E-state index contributed by atoms with van der Waals surface area (Å²) < 4.78 is 1.13. The maximum Gasteiger partial charge on any atom is 0.0175 e. The highest BCUT2D eigenvalue weighted by atomic mass is 79.9. The lowest BCUT2D eigenvalue weighted by molar-refractivity contribution is 1.42. The fourth-order valence-corrected chi connectivity index (χ4v) is 1.03. The first-order valence-electron chi connectivity index (χ1n) is 4.56. The minimum atomic E-state index is 1.13. The molecule has 0 nitrogen and oxygen atoms in total. The summed E-state index contributed by atoms with van der Waals surface area (Å²) >= 11 is 3.37. The summed E-state index contributed by atoms with van der Waals surface area (Å²) in [6.07, 6.45) is 4.11. The number of hydrogen-bond donors (Lipinski definition) is 0. The summed E-state index contributed by atoms with van der Waals surface area (Å²) in [6.45, 7) is 9.52. The molecule has 0 fully saturated rings. The fraction of sp³-hybridized carbons (Fsp3) is 0.231. The van der Waals surface area contributed by atoms with E-state index in [9.17, 15) is 0 Å². The second-order valence-corrected chi connectivity index (χ2v) is 4.17. The molecule has 0 atom stereocenters. The van der Waals surface area contributed by atoms with E-state index in [1.807, 2.05) is 39.0 Å². The summed E-state index contributed by atoms with van der Waals surface area (Å²) in [5, 5.41) is 0. The van der Waals surface area contributed by atoms with Crippen molar-refractivity contribution in [1.29, 1.82) is 0 Å². The molecule has 1 heteroatoms. The van der Waals surface area contributed by atoms with Crippen molar-refractivity contribution in [3.63, 3.8) is 0 Å². The van der Waals surface area contributed by atoms with Gasteiger partial charge < -0.3 is 0 Å². The molecule has 0 unspecified atom stereocenters. The molecule has 0 saturated carbocycles. The second-order valence-electron chi connectivity index (χ2n) is 3.26. The van der Waals surface area contributed by atoms with Crippen molar-refractivity contribution in [3.8, 4) is 0 Å². The zero-order chi connectivity index (χ0) is 11.0. The van der Waals surface area contributed by atoms with Gasteiger partial charge in [-0.3, -0.25) is 0 Å². The monoisotopic (exact) mass is 252 g/mol. The third-order valence-electron chi connectivity index (χ3n) is 1.23. The lowest BCUT2D eigenvalue weighted by Crippen LogP contribution is -1.68. The Morgan fingerprint density at radius 1 is 1.21 bits per heavy atom. The van der Waals surface area contributed by atoms with Crippen molar-refractivity contribution in [3.05, 3.63) is 52.5 Å². The van der Waals surface area contributed by atoms with Gasteiger partial charge in [0.1, 0.15) is 0 Å². The normalized spacial score (nSPS) is 9.43. The topological polar surface area (TPSA) is 0 Å². The van der Waals surface area contributed by atoms with Gasteiger partial charge in [-0.15, -0.1) is 6.58 Å². The Hall–Kier alpha value is -0.820. The van der Waals surface area contributed by atoms with Gasteiger partial charge in [0.25, 0.3) is 0 Å². The van der Waals surface area contributed by atoms with Gasteiger partial charge >= 0.3 is 0 Å². The first-order valence-corrected chi connectivity index (χ1v) is 5.36. The van der Waals surface area contributed by atoms with Crippen molar-refractivity contribution >= 4 is 22.0 Å². The summed E-state index contributed by atoms with van der Waals surface area (Å²) in [4.78, 5) is 0. The third kappa shape index (κ3) is 7.81. The lowest BCUT2D eigenvalue weighted by atomic mass is 10.2. The summed E-state index contributed by atoms with van der Waals surface area (Å²) in [6, 6.07) is 8.22. The minimum Gasteiger partial charge on any atom is -0.100 e. The number of hydrogen-bond acceptors (Lipinski definition) is 0. The number of benzene rings is 1. The van der Waals surface area contributed by atoms with Crippen LogP contribution in [0.2, 0.25) is 0 Å². The van der Waals surface area contributed by atoms with Crippen LogP contribution in [0, 0.1) is 0 Å². The SMILES string of the molecule is C=C(C)C.CC=Cc1ccc(Br)cc1. The second kappa shape index (κ2) is 7.57. The molecule has 0 aliphatic heterocycles. The smallest absolute Gasteiger partial charge is 0.0175 e. The van der Waals surface area contributed by atoms with Crippen LogP contribution in [-0.4, -0.2) is 0 Å². The molecule has 14 heavy (non-hydrogen) atoms. The lowest BCUT2D eigenvalue weighted by Gasteiger charge is -1.91. The van der Waals surface area contributed by atoms with E-state index in [4.69, 9.17) is 0 Å². The van der Waals surface area contributed by atoms with Gasteiger partial charge in [0, 0.05) is 4.47 Å². The van der Waals surface area contributed by atoms with Crippen LogP contribution in [0.5, 0.6) is 0 Å². The van der Waals surface area contributed by atoms with E-state index >= 15 is 0 Å². The van der Waals surface area contributed by atoms with Crippen molar-refractivity contribution < 1.29 is 0 Å². The zero-order valence-corrected chi connectivity index (χ0v) is 10.6. The summed E-state index contributed by atoms with van der Waals surface area (Å²) in [7, 11) is 0. The average molecular weight is 253 g/mol. The number of allylic oxidation sites excluding steroid dienone is 2. The summed E-state index contributed by atoms with van der Waals surface area (Å²) in [5.74, 6) is 0. The molecule has 0 N–H and O–H groups in total. The van der Waals surface area contributed by atoms with Crippen LogP contribution in [-0.2, 0) is 0 Å². The molecule has 1 aromatic carbocycles. The molecule has 0 spiro atoms. The molecule has 0 radical (unpaired) electrons. The Bertz CT molecular complexity index is 290. The number of halogens is 1. The van der Waals surface area contributed by atoms with Gasteiger partial charge in [0.05, 0.1) is 0 Å². The molecule has 0 aliphatic carbocycles. The fourth-order valence-electron chi connectivity index (χ4n) is 0.766. The van der Waals surface area contributed by atoms with E-state index in [0.29, 0.717) is 0 Å². The molecule has 0 bridgehead atoms. The van der Waals surface area contributed by atoms with Crippen LogP contribution in [0.1, 0.15) is 26.3 Å². The van der Waals surface area contributed by atoms with E-state index in [0.717, 1.165) is 4.47 Å². The predicted molar refractivity (Wildman–Crippen MR) is 69.3 cm³/mol. The van der Waals surface area contributed by atoms with E-state index in [1.165, 1.54) is 11.1 Å². The molecular formula is C13H17Br. The van der Waals surface area contributed by atoms with Crippen LogP contribution in [0.25, 0.3) is 6.08 Å². The highest BCUT2D eigenvalue weighted by molar-refractivity contribution is 9.10. The molecule has 1 rings (SSSR count). The Morgan fingerprint density at radius 3 is 2.00 bits per heavy atom. The van der Waals surface area contributed by atoms with Gasteiger partial charge in [-0.05, 0) is 38.5 Å². The van der Waals surface area contributed by atoms with E-state index in [-0.39, 0.29) is 0 Å². The third-order valence-corrected chi connectivity index (χ3v) is 1.76. The van der Waals surface area contributed by atoms with Crippen LogP contribution >= 0.6 is 15.9 Å². The largest absolute Gasteiger partial charge is 0.100 e. The first-order chi connectivity index (χ1) is 6.56. The van der Waals surface area contributed by atoms with Gasteiger partial charge in [-0.2, -0.15) is 0 Å². The minimum absolute atomic E-state index is 1.13. The molecular weight excluding hydrogens is 236 g/mol. The van der Waals surface area contributed by atoms with Crippen LogP contribution < -0.4 is 0 Å². The summed E-state index contributed by atoms with van der Waals surface area (Å²) in [5.41, 5.74) is 2.41. The Labute approximate surface area is 95.5 Å². The molecule has 0 amide bonds. The zero-order valence-electron chi connectivity index (χ0n) is 9.05. The molecule has 0 aliphatic rings. The van der Waals surface area contributed by atoms with Crippen molar-refractivity contribution in [2.75, 3.05) is 0 Å². The van der Waals surface area contributed by atoms with E-state index in [2.05, 4.69) is 40.7 Å². The Kier molecular flexibility index (Phi) is 7.13. The Morgan fingerprint density at radius 2 is 1.64 bits per heavy atom. The van der Waals surface area contributed by atoms with Crippen molar-refractivity contribution in [2.24, 2.45) is 0 Å². The average Bonchev–Trinajstić information content (AvgIpc) is 2.08. The highest BCUT2D eigenvalue weighted by Gasteiger charge is 1.84. The van der Waals surface area contributed by atoms with Gasteiger partial charge in [0.15, 0.2) is 0 Å². The molecule has 76 valence electrons. The molecule has 0 saturated heterocycles. The maximum atomic E-state index is 3.56. The number of rotatable bonds is 1. The van der Waals surface area contributed by atoms with Crippen LogP contribution in [0.3, 0.4) is 0 Å². The van der Waals surface area contributed by atoms with E-state index < -0.39 is 0 Å². The first kappa shape index (κ1) is 13.2. The van der Waals surface area contributed by atoms with Crippen LogP contribution in [0.4, 0.5) is 0 Å². The van der Waals surface area contributed by atoms with Crippen molar-refractivity contribution in [2.45, 2.75) is 20.8 Å². The van der Waals surface area contributed by atoms with Gasteiger partial charge in [-0.25, -0.2) is 0 Å². The predicted octanol–water partition coefficient (Wildman–Crippen LogP) is 5.06.